The van der Waals surface area contributed by atoms with Crippen LogP contribution in [0.4, 0.5) is 4.39 Å². The van der Waals surface area contributed by atoms with Crippen LogP contribution < -0.4 is 5.32 Å². The average molecular weight is 187 g/mol. The predicted molar refractivity (Wildman–Crippen MR) is 44.6 cm³/mol. The maximum absolute atomic E-state index is 12.6. The normalized spacial score (nSPS) is 22.0. The van der Waals surface area contributed by atoms with Crippen molar-refractivity contribution in [1.82, 2.24) is 10.3 Å². The van der Waals surface area contributed by atoms with E-state index >= 15 is 0 Å². The van der Waals surface area contributed by atoms with E-state index in [1.807, 2.05) is 0 Å². The molecule has 4 heteroatoms. The van der Waals surface area contributed by atoms with E-state index in [0.29, 0.717) is 6.04 Å². The lowest BCUT2D eigenvalue weighted by Crippen LogP contribution is -2.35. The minimum absolute atomic E-state index is 0.0983. The van der Waals surface area contributed by atoms with E-state index in [0.717, 1.165) is 18.5 Å². The molecule has 0 spiro atoms. The molecule has 1 aliphatic rings. The first kappa shape index (κ1) is 7.95. The van der Waals surface area contributed by atoms with Crippen molar-refractivity contribution in [3.8, 4) is 0 Å². The van der Waals surface area contributed by atoms with E-state index in [4.69, 9.17) is 11.6 Å². The van der Waals surface area contributed by atoms with Crippen LogP contribution in [0.5, 0.6) is 0 Å². The molecule has 1 aromatic rings. The Bertz CT molecular complexity index is 299. The van der Waals surface area contributed by atoms with Crippen LogP contribution in [0.25, 0.3) is 0 Å². The molecule has 1 N–H and O–H groups in total. The van der Waals surface area contributed by atoms with E-state index in [1.165, 1.54) is 6.20 Å². The molecule has 2 heterocycles. The summed E-state index contributed by atoms with van der Waals surface area (Å²) in [6.45, 7) is 1.01. The summed E-state index contributed by atoms with van der Waals surface area (Å²) < 4.78 is 12.6. The first-order valence-electron chi connectivity index (χ1n) is 3.81. The highest BCUT2D eigenvalue weighted by Crippen LogP contribution is 2.24. The topological polar surface area (TPSA) is 24.9 Å². The molecule has 1 aromatic heterocycles. The van der Waals surface area contributed by atoms with Gasteiger partial charge < -0.3 is 5.32 Å². The van der Waals surface area contributed by atoms with Crippen molar-refractivity contribution in [2.45, 2.75) is 12.5 Å². The standard InChI is InChI=1S/C8H8ClFN2/c9-6-3-5(4-12-8(6)10)7-1-2-11-7/h3-4,7,11H,1-2H2. The Hall–Kier alpha value is -0.670. The molecule has 1 fully saturated rings. The fraction of sp³-hybridized carbons (Fsp3) is 0.375. The van der Waals surface area contributed by atoms with Crippen molar-refractivity contribution in [2.24, 2.45) is 0 Å². The third kappa shape index (κ3) is 1.30. The minimum atomic E-state index is -0.597. The number of hydrogen-bond donors (Lipinski definition) is 1. The lowest BCUT2D eigenvalue weighted by atomic mass is 10.00. The van der Waals surface area contributed by atoms with E-state index in [2.05, 4.69) is 10.3 Å². The Kier molecular flexibility index (Phi) is 1.98. The maximum atomic E-state index is 12.6. The molecule has 0 radical (unpaired) electrons. The summed E-state index contributed by atoms with van der Waals surface area (Å²) in [5.41, 5.74) is 0.965. The molecule has 1 unspecified atom stereocenters. The molecule has 1 aliphatic heterocycles. The number of rotatable bonds is 1. The third-order valence-electron chi connectivity index (χ3n) is 2.04. The van der Waals surface area contributed by atoms with Crippen LogP contribution in [0.2, 0.25) is 5.02 Å². The second kappa shape index (κ2) is 2.99. The predicted octanol–water partition coefficient (Wildman–Crippen LogP) is 1.91. The minimum Gasteiger partial charge on any atom is -0.310 e. The summed E-state index contributed by atoms with van der Waals surface area (Å²) in [4.78, 5) is 3.54. The van der Waals surface area contributed by atoms with Gasteiger partial charge in [-0.25, -0.2) is 4.98 Å². The highest BCUT2D eigenvalue weighted by atomic mass is 35.5. The number of hydrogen-bond acceptors (Lipinski definition) is 2. The molecule has 12 heavy (non-hydrogen) atoms. The van der Waals surface area contributed by atoms with E-state index in [9.17, 15) is 4.39 Å². The molecule has 2 nitrogen and oxygen atoms in total. The second-order valence-electron chi connectivity index (χ2n) is 2.84. The van der Waals surface area contributed by atoms with Crippen molar-refractivity contribution in [3.63, 3.8) is 0 Å². The summed E-state index contributed by atoms with van der Waals surface area (Å²) in [5, 5.41) is 3.29. The molecule has 1 saturated heterocycles. The Balaban J connectivity index is 2.27. The van der Waals surface area contributed by atoms with Gasteiger partial charge >= 0.3 is 0 Å². The Morgan fingerprint density at radius 3 is 2.92 bits per heavy atom. The molecule has 2 rings (SSSR count). The van der Waals surface area contributed by atoms with Gasteiger partial charge in [0.15, 0.2) is 0 Å². The van der Waals surface area contributed by atoms with Crippen LogP contribution >= 0.6 is 11.6 Å². The molecule has 64 valence electrons. The number of pyridine rings is 1. The smallest absolute Gasteiger partial charge is 0.231 e. The van der Waals surface area contributed by atoms with Crippen molar-refractivity contribution >= 4 is 11.6 Å². The molecule has 1 atom stereocenters. The third-order valence-corrected chi connectivity index (χ3v) is 2.31. The van der Waals surface area contributed by atoms with E-state index in [1.54, 1.807) is 6.07 Å². The zero-order valence-corrected chi connectivity index (χ0v) is 7.11. The summed E-state index contributed by atoms with van der Waals surface area (Å²) in [5.74, 6) is -0.597. The number of nitrogens with one attached hydrogen (secondary N) is 1. The molecule has 0 bridgehead atoms. The van der Waals surface area contributed by atoms with Crippen LogP contribution in [-0.4, -0.2) is 11.5 Å². The van der Waals surface area contributed by atoms with Gasteiger partial charge in [-0.15, -0.1) is 0 Å². The van der Waals surface area contributed by atoms with Crippen molar-refractivity contribution in [2.75, 3.05) is 6.54 Å². The van der Waals surface area contributed by atoms with Crippen LogP contribution in [0, 0.1) is 5.95 Å². The molecule has 0 aliphatic carbocycles. The fourth-order valence-electron chi connectivity index (χ4n) is 1.20. The maximum Gasteiger partial charge on any atom is 0.231 e. The monoisotopic (exact) mass is 186 g/mol. The number of aromatic nitrogens is 1. The molecule has 0 aromatic carbocycles. The first-order valence-corrected chi connectivity index (χ1v) is 4.19. The Morgan fingerprint density at radius 1 is 1.67 bits per heavy atom. The average Bonchev–Trinajstić information content (AvgIpc) is 1.93. The number of halogens is 2. The van der Waals surface area contributed by atoms with Gasteiger partial charge in [-0.2, -0.15) is 4.39 Å². The fourth-order valence-corrected chi connectivity index (χ4v) is 1.37. The zero-order chi connectivity index (χ0) is 8.55. The molecule has 0 saturated carbocycles. The first-order chi connectivity index (χ1) is 5.77. The summed E-state index contributed by atoms with van der Waals surface area (Å²) in [6.07, 6.45) is 2.60. The summed E-state index contributed by atoms with van der Waals surface area (Å²) in [7, 11) is 0. The van der Waals surface area contributed by atoms with E-state index in [-0.39, 0.29) is 5.02 Å². The lowest BCUT2D eigenvalue weighted by Gasteiger charge is -2.27. The van der Waals surface area contributed by atoms with Crippen LogP contribution in [0.1, 0.15) is 18.0 Å². The van der Waals surface area contributed by atoms with Gasteiger partial charge in [-0.05, 0) is 24.6 Å². The lowest BCUT2D eigenvalue weighted by molar-refractivity contribution is 0.381. The highest BCUT2D eigenvalue weighted by molar-refractivity contribution is 6.30. The van der Waals surface area contributed by atoms with Crippen molar-refractivity contribution in [3.05, 3.63) is 28.8 Å². The molecule has 0 amide bonds. The summed E-state index contributed by atoms with van der Waals surface area (Å²) >= 11 is 5.57. The molecular formula is C8H8ClFN2. The zero-order valence-electron chi connectivity index (χ0n) is 6.35. The van der Waals surface area contributed by atoms with Gasteiger partial charge in [0.2, 0.25) is 5.95 Å². The molecular weight excluding hydrogens is 179 g/mol. The van der Waals surface area contributed by atoms with Crippen LogP contribution in [0.15, 0.2) is 12.3 Å². The van der Waals surface area contributed by atoms with Crippen molar-refractivity contribution in [1.29, 1.82) is 0 Å². The number of nitrogens with zero attached hydrogens (tertiary/aromatic N) is 1. The Labute approximate surface area is 74.8 Å². The largest absolute Gasteiger partial charge is 0.310 e. The summed E-state index contributed by atoms with van der Waals surface area (Å²) in [6, 6.07) is 1.94. The van der Waals surface area contributed by atoms with Crippen molar-refractivity contribution < 1.29 is 4.39 Å². The van der Waals surface area contributed by atoms with Gasteiger partial charge in [0.25, 0.3) is 0 Å². The van der Waals surface area contributed by atoms with E-state index < -0.39 is 5.95 Å². The van der Waals surface area contributed by atoms with Gasteiger partial charge in [-0.1, -0.05) is 11.6 Å². The SMILES string of the molecule is Fc1ncc(C2CCN2)cc1Cl. The highest BCUT2D eigenvalue weighted by Gasteiger charge is 2.19. The van der Waals surface area contributed by atoms with Crippen LogP contribution in [0.3, 0.4) is 0 Å². The Morgan fingerprint density at radius 2 is 2.42 bits per heavy atom. The van der Waals surface area contributed by atoms with Gasteiger partial charge in [0.05, 0.1) is 5.02 Å². The second-order valence-corrected chi connectivity index (χ2v) is 3.24. The van der Waals surface area contributed by atoms with Gasteiger partial charge in [-0.3, -0.25) is 0 Å². The van der Waals surface area contributed by atoms with Crippen LogP contribution in [-0.2, 0) is 0 Å². The van der Waals surface area contributed by atoms with Gasteiger partial charge in [0, 0.05) is 12.2 Å². The van der Waals surface area contributed by atoms with Gasteiger partial charge in [0.1, 0.15) is 0 Å². The quantitative estimate of drug-likeness (QED) is 0.678.